The number of likely N-dealkylation sites (N-methyl/N-ethyl adjacent to an activating group) is 1. The molecule has 0 radical (unpaired) electrons. The lowest BCUT2D eigenvalue weighted by Crippen LogP contribution is -2.38. The lowest BCUT2D eigenvalue weighted by atomic mass is 10.0. The topological polar surface area (TPSA) is 57.7 Å². The Balaban J connectivity index is 1.80. The van der Waals surface area contributed by atoms with E-state index in [-0.39, 0.29) is 5.91 Å². The summed E-state index contributed by atoms with van der Waals surface area (Å²) in [4.78, 5) is 22.3. The molecule has 0 aliphatic carbocycles. The second kappa shape index (κ2) is 6.52. The number of hydrogen-bond donors (Lipinski definition) is 1. The molecule has 0 saturated carbocycles. The third-order valence-corrected chi connectivity index (χ3v) is 4.61. The van der Waals surface area contributed by atoms with Gasteiger partial charge in [-0.15, -0.1) is 0 Å². The van der Waals surface area contributed by atoms with Crippen molar-refractivity contribution < 1.29 is 9.53 Å². The molecule has 0 spiro atoms. The number of carbonyl (C=O) groups excluding carboxylic acids is 1. The van der Waals surface area contributed by atoms with Gasteiger partial charge in [-0.05, 0) is 17.7 Å². The summed E-state index contributed by atoms with van der Waals surface area (Å²) in [5.74, 6) is 0.370. The first-order valence-corrected chi connectivity index (χ1v) is 8.41. The number of aliphatic imine (C=N–C) groups is 1. The van der Waals surface area contributed by atoms with Gasteiger partial charge >= 0.3 is 0 Å². The first-order chi connectivity index (χ1) is 12.7. The lowest BCUT2D eigenvalue weighted by molar-refractivity contribution is -0.129. The van der Waals surface area contributed by atoms with Crippen molar-refractivity contribution in [3.8, 4) is 0 Å². The van der Waals surface area contributed by atoms with Crippen LogP contribution < -0.4 is 0 Å². The van der Waals surface area contributed by atoms with Crippen LogP contribution in [-0.4, -0.2) is 35.8 Å². The highest BCUT2D eigenvalue weighted by Gasteiger charge is 2.33. The van der Waals surface area contributed by atoms with E-state index in [1.807, 2.05) is 66.9 Å². The highest BCUT2D eigenvalue weighted by atomic mass is 16.5. The molecule has 26 heavy (non-hydrogen) atoms. The van der Waals surface area contributed by atoms with Gasteiger partial charge in [0.15, 0.2) is 6.04 Å². The molecule has 5 heteroatoms. The van der Waals surface area contributed by atoms with E-state index in [2.05, 4.69) is 9.98 Å². The Labute approximate surface area is 151 Å². The highest BCUT2D eigenvalue weighted by molar-refractivity contribution is 6.07. The van der Waals surface area contributed by atoms with Crippen LogP contribution in [0.25, 0.3) is 17.0 Å². The summed E-state index contributed by atoms with van der Waals surface area (Å²) in [5, 5.41) is 1.08. The molecule has 1 aromatic heterocycles. The van der Waals surface area contributed by atoms with Crippen LogP contribution in [0, 0.1) is 0 Å². The molecule has 1 aliphatic rings. The number of rotatable bonds is 2. The SMILES string of the molecule is COC1=NC(c2ccccc2)C(=O)N(C)/C1=C\c1c[nH]c2ccccc12. The third kappa shape index (κ3) is 2.67. The zero-order valence-electron chi connectivity index (χ0n) is 14.6. The van der Waals surface area contributed by atoms with Crippen LogP contribution in [0.2, 0.25) is 0 Å². The minimum atomic E-state index is -0.587. The molecule has 1 aliphatic heterocycles. The molecule has 3 aromatic rings. The zero-order chi connectivity index (χ0) is 18.1. The van der Waals surface area contributed by atoms with Crippen molar-refractivity contribution in [3.05, 3.63) is 77.6 Å². The lowest BCUT2D eigenvalue weighted by Gasteiger charge is -2.29. The largest absolute Gasteiger partial charge is 0.480 e. The van der Waals surface area contributed by atoms with Gasteiger partial charge in [-0.3, -0.25) is 4.79 Å². The average Bonchev–Trinajstić information content (AvgIpc) is 3.09. The molecule has 1 amide bonds. The number of hydrogen-bond acceptors (Lipinski definition) is 3. The quantitative estimate of drug-likeness (QED) is 0.769. The van der Waals surface area contributed by atoms with Gasteiger partial charge in [0.25, 0.3) is 5.91 Å². The summed E-state index contributed by atoms with van der Waals surface area (Å²) in [5.41, 5.74) is 3.53. The van der Waals surface area contributed by atoms with Crippen molar-refractivity contribution in [2.75, 3.05) is 14.2 Å². The molecule has 1 atom stereocenters. The van der Waals surface area contributed by atoms with Gasteiger partial charge in [0.2, 0.25) is 5.90 Å². The molecule has 5 nitrogen and oxygen atoms in total. The monoisotopic (exact) mass is 345 g/mol. The molecule has 1 N–H and O–H groups in total. The second-order valence-corrected chi connectivity index (χ2v) is 6.17. The van der Waals surface area contributed by atoms with Crippen LogP contribution in [0.15, 0.2) is 71.5 Å². The van der Waals surface area contributed by atoms with Crippen LogP contribution in [0.3, 0.4) is 0 Å². The Hall–Kier alpha value is -3.34. The summed E-state index contributed by atoms with van der Waals surface area (Å²) in [7, 11) is 3.33. The number of aromatic amines is 1. The average molecular weight is 345 g/mol. The van der Waals surface area contributed by atoms with Gasteiger partial charge < -0.3 is 14.6 Å². The first kappa shape index (κ1) is 16.1. The number of para-hydroxylation sites is 1. The molecular weight excluding hydrogens is 326 g/mol. The number of H-pyrrole nitrogens is 1. The van der Waals surface area contributed by atoms with Crippen molar-refractivity contribution in [2.45, 2.75) is 6.04 Å². The van der Waals surface area contributed by atoms with E-state index in [1.165, 1.54) is 0 Å². The normalized spacial score (nSPS) is 19.1. The number of nitrogens with one attached hydrogen (secondary N) is 1. The maximum atomic E-state index is 12.9. The number of ether oxygens (including phenoxy) is 1. The van der Waals surface area contributed by atoms with Gasteiger partial charge in [-0.2, -0.15) is 0 Å². The van der Waals surface area contributed by atoms with Crippen LogP contribution >= 0.6 is 0 Å². The number of amides is 1. The molecule has 2 heterocycles. The van der Waals surface area contributed by atoms with E-state index in [0.29, 0.717) is 11.6 Å². The predicted octanol–water partition coefficient (Wildman–Crippen LogP) is 3.77. The molecule has 0 bridgehead atoms. The van der Waals surface area contributed by atoms with Crippen LogP contribution in [0.1, 0.15) is 17.2 Å². The Morgan fingerprint density at radius 3 is 2.62 bits per heavy atom. The Kier molecular flexibility index (Phi) is 4.05. The van der Waals surface area contributed by atoms with Crippen molar-refractivity contribution in [3.63, 3.8) is 0 Å². The van der Waals surface area contributed by atoms with Gasteiger partial charge in [0, 0.05) is 29.7 Å². The number of aromatic nitrogens is 1. The van der Waals surface area contributed by atoms with Crippen molar-refractivity contribution in [1.82, 2.24) is 9.88 Å². The Bertz CT molecular complexity index is 1020. The number of methoxy groups -OCH3 is 1. The fourth-order valence-electron chi connectivity index (χ4n) is 3.21. The highest BCUT2D eigenvalue weighted by Crippen LogP contribution is 2.29. The fourth-order valence-corrected chi connectivity index (χ4v) is 3.21. The molecule has 4 rings (SSSR count). The molecule has 0 fully saturated rings. The standard InChI is InChI=1S/C21H19N3O2/c1-24-18(12-15-13-22-17-11-7-6-10-16(15)17)20(26-2)23-19(21(24)25)14-8-4-3-5-9-14/h3-13,19,22H,1-2H3/b18-12-. The predicted molar refractivity (Wildman–Crippen MR) is 103 cm³/mol. The molecule has 2 aromatic carbocycles. The summed E-state index contributed by atoms with van der Waals surface area (Å²) in [6, 6.07) is 17.0. The summed E-state index contributed by atoms with van der Waals surface area (Å²) in [6.07, 6.45) is 3.85. The van der Waals surface area contributed by atoms with Gasteiger partial charge in [0.1, 0.15) is 5.70 Å². The molecule has 0 saturated heterocycles. The number of benzene rings is 2. The summed E-state index contributed by atoms with van der Waals surface area (Å²) in [6.45, 7) is 0. The number of carbonyl (C=O) groups is 1. The zero-order valence-corrected chi connectivity index (χ0v) is 14.6. The van der Waals surface area contributed by atoms with Gasteiger partial charge in [-0.1, -0.05) is 48.5 Å². The third-order valence-electron chi connectivity index (χ3n) is 4.61. The van der Waals surface area contributed by atoms with E-state index in [4.69, 9.17) is 4.74 Å². The van der Waals surface area contributed by atoms with E-state index >= 15 is 0 Å². The van der Waals surface area contributed by atoms with Crippen LogP contribution in [-0.2, 0) is 9.53 Å². The minimum Gasteiger partial charge on any atom is -0.480 e. The van der Waals surface area contributed by atoms with Crippen LogP contribution in [0.4, 0.5) is 0 Å². The number of nitrogens with zero attached hydrogens (tertiary/aromatic N) is 2. The maximum absolute atomic E-state index is 12.9. The van der Waals surface area contributed by atoms with E-state index < -0.39 is 6.04 Å². The first-order valence-electron chi connectivity index (χ1n) is 8.41. The minimum absolute atomic E-state index is 0.0805. The smallest absolute Gasteiger partial charge is 0.256 e. The van der Waals surface area contributed by atoms with Gasteiger partial charge in [-0.25, -0.2) is 4.99 Å². The van der Waals surface area contributed by atoms with Crippen molar-refractivity contribution in [1.29, 1.82) is 0 Å². The fraction of sp³-hybridized carbons (Fsp3) is 0.143. The van der Waals surface area contributed by atoms with Crippen molar-refractivity contribution in [2.24, 2.45) is 4.99 Å². The Morgan fingerprint density at radius 2 is 1.85 bits per heavy atom. The Morgan fingerprint density at radius 1 is 1.12 bits per heavy atom. The van der Waals surface area contributed by atoms with Crippen LogP contribution in [0.5, 0.6) is 0 Å². The molecular formula is C21H19N3O2. The van der Waals surface area contributed by atoms with Crippen molar-refractivity contribution >= 4 is 28.8 Å². The number of fused-ring (bicyclic) bond motifs is 1. The second-order valence-electron chi connectivity index (χ2n) is 6.17. The van der Waals surface area contributed by atoms with E-state index in [1.54, 1.807) is 19.1 Å². The van der Waals surface area contributed by atoms with E-state index in [9.17, 15) is 4.79 Å². The summed E-state index contributed by atoms with van der Waals surface area (Å²) >= 11 is 0. The summed E-state index contributed by atoms with van der Waals surface area (Å²) < 4.78 is 5.51. The van der Waals surface area contributed by atoms with Gasteiger partial charge in [0.05, 0.1) is 7.11 Å². The van der Waals surface area contributed by atoms with E-state index in [0.717, 1.165) is 22.0 Å². The maximum Gasteiger partial charge on any atom is 0.256 e. The molecule has 130 valence electrons. The molecule has 1 unspecified atom stereocenters.